The first-order valence-corrected chi connectivity index (χ1v) is 5.97. The van der Waals surface area contributed by atoms with Crippen molar-refractivity contribution in [3.63, 3.8) is 0 Å². The van der Waals surface area contributed by atoms with E-state index in [9.17, 15) is 4.79 Å². The van der Waals surface area contributed by atoms with Crippen molar-refractivity contribution in [1.29, 1.82) is 0 Å². The lowest BCUT2D eigenvalue weighted by atomic mass is 9.94. The minimum Gasteiger partial charge on any atom is -0.335 e. The summed E-state index contributed by atoms with van der Waals surface area (Å²) in [6.45, 7) is 6.84. The van der Waals surface area contributed by atoms with Crippen molar-refractivity contribution in [3.05, 3.63) is 35.4 Å². The van der Waals surface area contributed by atoms with Gasteiger partial charge in [0.2, 0.25) is 5.91 Å². The number of nitrogens with zero attached hydrogens (tertiary/aromatic N) is 1. The number of amides is 1. The van der Waals surface area contributed by atoms with Gasteiger partial charge in [-0.1, -0.05) is 38.1 Å². The normalized spacial score (nSPS) is 19.8. The Kier molecular flexibility index (Phi) is 2.99. The molecule has 2 heteroatoms. The van der Waals surface area contributed by atoms with Crippen LogP contribution < -0.4 is 0 Å². The third-order valence-electron chi connectivity index (χ3n) is 3.28. The molecule has 1 amide bonds. The Balaban J connectivity index is 2.24. The summed E-state index contributed by atoms with van der Waals surface area (Å²) < 4.78 is 0. The minimum absolute atomic E-state index is 0.0905. The quantitative estimate of drug-likeness (QED) is 0.708. The van der Waals surface area contributed by atoms with E-state index in [0.717, 1.165) is 13.0 Å². The third kappa shape index (κ3) is 1.97. The Morgan fingerprint density at radius 1 is 1.31 bits per heavy atom. The van der Waals surface area contributed by atoms with Crippen LogP contribution in [0, 0.1) is 5.92 Å². The Bertz CT molecular complexity index is 397. The molecule has 0 radical (unpaired) electrons. The SMILES string of the molecule is CC(C)C(=O)N1Cc2ccccc2C[C@@H]1C. The van der Waals surface area contributed by atoms with Crippen molar-refractivity contribution in [2.24, 2.45) is 5.92 Å². The number of fused-ring (bicyclic) bond motifs is 1. The van der Waals surface area contributed by atoms with Crippen molar-refractivity contribution in [2.75, 3.05) is 0 Å². The summed E-state index contributed by atoms with van der Waals surface area (Å²) >= 11 is 0. The fourth-order valence-corrected chi connectivity index (χ4v) is 2.31. The molecule has 1 aromatic rings. The fourth-order valence-electron chi connectivity index (χ4n) is 2.31. The smallest absolute Gasteiger partial charge is 0.225 e. The number of rotatable bonds is 1. The van der Waals surface area contributed by atoms with Crippen molar-refractivity contribution >= 4 is 5.91 Å². The number of hydrogen-bond donors (Lipinski definition) is 0. The van der Waals surface area contributed by atoms with E-state index in [2.05, 4.69) is 25.1 Å². The molecule has 1 aliphatic rings. The average molecular weight is 217 g/mol. The highest BCUT2D eigenvalue weighted by molar-refractivity contribution is 5.78. The van der Waals surface area contributed by atoms with Gasteiger partial charge in [-0.25, -0.2) is 0 Å². The summed E-state index contributed by atoms with van der Waals surface area (Å²) in [5, 5.41) is 0. The van der Waals surface area contributed by atoms with Gasteiger partial charge in [-0.05, 0) is 24.5 Å². The van der Waals surface area contributed by atoms with E-state index in [1.807, 2.05) is 24.8 Å². The molecule has 0 aromatic heterocycles. The van der Waals surface area contributed by atoms with E-state index >= 15 is 0 Å². The van der Waals surface area contributed by atoms with E-state index < -0.39 is 0 Å². The Labute approximate surface area is 97.3 Å². The summed E-state index contributed by atoms with van der Waals surface area (Å²) in [6.07, 6.45) is 0.981. The topological polar surface area (TPSA) is 20.3 Å². The van der Waals surface area contributed by atoms with Crippen LogP contribution in [-0.4, -0.2) is 16.8 Å². The van der Waals surface area contributed by atoms with Crippen LogP contribution in [0.5, 0.6) is 0 Å². The Morgan fingerprint density at radius 3 is 2.56 bits per heavy atom. The van der Waals surface area contributed by atoms with E-state index in [1.54, 1.807) is 0 Å². The van der Waals surface area contributed by atoms with Gasteiger partial charge in [-0.2, -0.15) is 0 Å². The molecular formula is C14H19NO. The number of carbonyl (C=O) groups is 1. The zero-order valence-corrected chi connectivity index (χ0v) is 10.2. The lowest BCUT2D eigenvalue weighted by Gasteiger charge is -2.36. The maximum Gasteiger partial charge on any atom is 0.225 e. The second-order valence-electron chi connectivity index (χ2n) is 4.94. The first-order chi connectivity index (χ1) is 7.59. The summed E-state index contributed by atoms with van der Waals surface area (Å²) in [4.78, 5) is 14.1. The monoisotopic (exact) mass is 217 g/mol. The minimum atomic E-state index is 0.0905. The zero-order valence-electron chi connectivity index (χ0n) is 10.2. The summed E-state index contributed by atoms with van der Waals surface area (Å²) in [7, 11) is 0. The summed E-state index contributed by atoms with van der Waals surface area (Å²) in [5.74, 6) is 0.356. The highest BCUT2D eigenvalue weighted by Gasteiger charge is 2.27. The second kappa shape index (κ2) is 4.28. The molecule has 0 unspecified atom stereocenters. The van der Waals surface area contributed by atoms with E-state index in [1.165, 1.54) is 11.1 Å². The molecule has 2 nitrogen and oxygen atoms in total. The molecule has 0 saturated heterocycles. The van der Waals surface area contributed by atoms with Crippen LogP contribution in [-0.2, 0) is 17.8 Å². The van der Waals surface area contributed by atoms with Gasteiger partial charge in [0.15, 0.2) is 0 Å². The molecule has 1 aliphatic heterocycles. The fraction of sp³-hybridized carbons (Fsp3) is 0.500. The van der Waals surface area contributed by atoms with Crippen molar-refractivity contribution in [3.8, 4) is 0 Å². The van der Waals surface area contributed by atoms with Gasteiger partial charge in [-0.15, -0.1) is 0 Å². The Morgan fingerprint density at radius 2 is 1.94 bits per heavy atom. The van der Waals surface area contributed by atoms with Gasteiger partial charge in [-0.3, -0.25) is 4.79 Å². The molecule has 0 N–H and O–H groups in total. The van der Waals surface area contributed by atoms with Crippen LogP contribution in [0.15, 0.2) is 24.3 Å². The van der Waals surface area contributed by atoms with E-state index in [0.29, 0.717) is 6.04 Å². The maximum absolute atomic E-state index is 12.0. The first kappa shape index (κ1) is 11.2. The van der Waals surface area contributed by atoms with Gasteiger partial charge in [0.25, 0.3) is 0 Å². The molecule has 1 aromatic carbocycles. The number of carbonyl (C=O) groups excluding carboxylic acids is 1. The van der Waals surface area contributed by atoms with Crippen molar-refractivity contribution < 1.29 is 4.79 Å². The molecule has 0 spiro atoms. The molecule has 86 valence electrons. The third-order valence-corrected chi connectivity index (χ3v) is 3.28. The van der Waals surface area contributed by atoms with Crippen molar-refractivity contribution in [2.45, 2.75) is 39.8 Å². The highest BCUT2D eigenvalue weighted by atomic mass is 16.2. The molecular weight excluding hydrogens is 198 g/mol. The van der Waals surface area contributed by atoms with Crippen LogP contribution in [0.2, 0.25) is 0 Å². The maximum atomic E-state index is 12.0. The molecule has 2 rings (SSSR count). The average Bonchev–Trinajstić information content (AvgIpc) is 2.27. The van der Waals surface area contributed by atoms with Gasteiger partial charge in [0, 0.05) is 18.5 Å². The molecule has 0 fully saturated rings. The van der Waals surface area contributed by atoms with Gasteiger partial charge >= 0.3 is 0 Å². The molecule has 1 heterocycles. The molecule has 0 bridgehead atoms. The van der Waals surface area contributed by atoms with Crippen LogP contribution in [0.1, 0.15) is 31.9 Å². The predicted octanol–water partition coefficient (Wildman–Crippen LogP) is 2.62. The van der Waals surface area contributed by atoms with Crippen molar-refractivity contribution in [1.82, 2.24) is 4.90 Å². The standard InChI is InChI=1S/C14H19NO/c1-10(2)14(16)15-9-13-7-5-4-6-12(13)8-11(15)3/h4-7,10-11H,8-9H2,1-3H3/t11-/m0/s1. The number of hydrogen-bond acceptors (Lipinski definition) is 1. The Hall–Kier alpha value is -1.31. The van der Waals surface area contributed by atoms with E-state index in [-0.39, 0.29) is 11.8 Å². The van der Waals surface area contributed by atoms with Crippen LogP contribution in [0.4, 0.5) is 0 Å². The zero-order chi connectivity index (χ0) is 11.7. The molecule has 0 aliphatic carbocycles. The van der Waals surface area contributed by atoms with Crippen LogP contribution in [0.3, 0.4) is 0 Å². The van der Waals surface area contributed by atoms with Gasteiger partial charge in [0.1, 0.15) is 0 Å². The van der Waals surface area contributed by atoms with E-state index in [4.69, 9.17) is 0 Å². The molecule has 1 atom stereocenters. The predicted molar refractivity (Wildman–Crippen MR) is 65.0 cm³/mol. The lowest BCUT2D eigenvalue weighted by molar-refractivity contribution is -0.137. The van der Waals surface area contributed by atoms with Crippen LogP contribution >= 0.6 is 0 Å². The summed E-state index contributed by atoms with van der Waals surface area (Å²) in [6, 6.07) is 8.74. The molecule has 0 saturated carbocycles. The second-order valence-corrected chi connectivity index (χ2v) is 4.94. The van der Waals surface area contributed by atoms with Crippen LogP contribution in [0.25, 0.3) is 0 Å². The lowest BCUT2D eigenvalue weighted by Crippen LogP contribution is -2.44. The van der Waals surface area contributed by atoms with Gasteiger partial charge in [0.05, 0.1) is 0 Å². The molecule has 16 heavy (non-hydrogen) atoms. The first-order valence-electron chi connectivity index (χ1n) is 5.97. The highest BCUT2D eigenvalue weighted by Crippen LogP contribution is 2.24. The summed E-state index contributed by atoms with van der Waals surface area (Å²) in [5.41, 5.74) is 2.69. The number of benzene rings is 1. The van der Waals surface area contributed by atoms with Gasteiger partial charge < -0.3 is 4.90 Å². The largest absolute Gasteiger partial charge is 0.335 e.